The average Bonchev–Trinajstić information content (AvgIpc) is 2.59. The van der Waals surface area contributed by atoms with Gasteiger partial charge in [-0.05, 0) is 36.1 Å². The minimum Gasteiger partial charge on any atom is -0.494 e. The lowest BCUT2D eigenvalue weighted by atomic mass is 9.86. The Morgan fingerprint density at radius 2 is 1.81 bits per heavy atom. The predicted molar refractivity (Wildman–Crippen MR) is 104 cm³/mol. The zero-order chi connectivity index (χ0) is 20.2. The lowest BCUT2D eigenvalue weighted by molar-refractivity contribution is 0.0931. The number of halogens is 3. The number of benzene rings is 2. The van der Waals surface area contributed by atoms with Crippen LogP contribution in [-0.4, -0.2) is 18.4 Å². The van der Waals surface area contributed by atoms with Gasteiger partial charge in [-0.25, -0.2) is 8.78 Å². The van der Waals surface area contributed by atoms with Gasteiger partial charge >= 0.3 is 0 Å². The van der Waals surface area contributed by atoms with Gasteiger partial charge in [0.25, 0.3) is 5.91 Å². The van der Waals surface area contributed by atoms with Crippen molar-refractivity contribution in [2.75, 3.05) is 12.5 Å². The Bertz CT molecular complexity index is 798. The number of carbonyl (C=O) groups excluding carboxylic acids is 1. The molecule has 2 rings (SSSR count). The summed E-state index contributed by atoms with van der Waals surface area (Å²) in [7, 11) is 0. The maximum atomic E-state index is 13.9. The molecule has 146 valence electrons. The fourth-order valence-electron chi connectivity index (χ4n) is 2.71. The van der Waals surface area contributed by atoms with E-state index in [0.717, 1.165) is 17.7 Å². The second-order valence-electron chi connectivity index (χ2n) is 7.21. The molecule has 0 bridgehead atoms. The van der Waals surface area contributed by atoms with E-state index >= 15 is 0 Å². The molecular weight excluding hydrogens is 372 g/mol. The summed E-state index contributed by atoms with van der Waals surface area (Å²) < 4.78 is 33.5. The van der Waals surface area contributed by atoms with Gasteiger partial charge in [0.1, 0.15) is 22.9 Å². The number of rotatable bonds is 6. The van der Waals surface area contributed by atoms with E-state index in [1.807, 2.05) is 25.1 Å². The van der Waals surface area contributed by atoms with Crippen molar-refractivity contribution in [1.82, 2.24) is 5.32 Å². The van der Waals surface area contributed by atoms with Gasteiger partial charge in [0, 0.05) is 11.4 Å². The van der Waals surface area contributed by atoms with Crippen LogP contribution in [-0.2, 0) is 5.41 Å². The molecule has 0 aromatic heterocycles. The Kier molecular flexibility index (Phi) is 6.82. The molecule has 3 nitrogen and oxygen atoms in total. The van der Waals surface area contributed by atoms with Gasteiger partial charge in [-0.1, -0.05) is 39.0 Å². The Balaban J connectivity index is 2.38. The van der Waals surface area contributed by atoms with Gasteiger partial charge in [0.05, 0.1) is 12.6 Å². The first-order valence-electron chi connectivity index (χ1n) is 8.77. The van der Waals surface area contributed by atoms with E-state index in [9.17, 15) is 13.6 Å². The van der Waals surface area contributed by atoms with Gasteiger partial charge in [0.2, 0.25) is 0 Å². The number of ether oxygens (including phenoxy) is 1. The highest BCUT2D eigenvalue weighted by atomic mass is 35.5. The van der Waals surface area contributed by atoms with Crippen LogP contribution < -0.4 is 10.1 Å². The summed E-state index contributed by atoms with van der Waals surface area (Å²) in [5.74, 6) is -2.09. The highest BCUT2D eigenvalue weighted by Crippen LogP contribution is 2.32. The van der Waals surface area contributed by atoms with E-state index in [1.54, 1.807) is 0 Å². The molecule has 0 spiro atoms. The van der Waals surface area contributed by atoms with E-state index in [4.69, 9.17) is 16.3 Å². The Morgan fingerprint density at radius 3 is 2.33 bits per heavy atom. The molecule has 0 heterocycles. The Morgan fingerprint density at radius 1 is 1.19 bits per heavy atom. The van der Waals surface area contributed by atoms with Gasteiger partial charge in [-0.3, -0.25) is 4.79 Å². The highest BCUT2D eigenvalue weighted by Gasteiger charge is 2.24. The quantitative estimate of drug-likeness (QED) is 0.667. The molecule has 0 fully saturated rings. The molecule has 0 saturated carbocycles. The van der Waals surface area contributed by atoms with Crippen molar-refractivity contribution in [2.45, 2.75) is 39.2 Å². The third kappa shape index (κ3) is 4.98. The molecule has 2 aromatic rings. The molecule has 6 heteroatoms. The van der Waals surface area contributed by atoms with Gasteiger partial charge in [-0.2, -0.15) is 0 Å². The summed E-state index contributed by atoms with van der Waals surface area (Å²) in [6.45, 7) is 8.54. The highest BCUT2D eigenvalue weighted by molar-refractivity contribution is 6.18. The number of carbonyl (C=O) groups is 1. The lowest BCUT2D eigenvalue weighted by Crippen LogP contribution is -2.31. The van der Waals surface area contributed by atoms with Gasteiger partial charge in [-0.15, -0.1) is 11.6 Å². The summed E-state index contributed by atoms with van der Waals surface area (Å²) in [6, 6.07) is 8.31. The second kappa shape index (κ2) is 8.70. The number of nitrogens with one attached hydrogen (secondary N) is 1. The molecule has 0 aliphatic rings. The molecule has 1 atom stereocenters. The van der Waals surface area contributed by atoms with Crippen LogP contribution in [0.1, 0.15) is 55.2 Å². The largest absolute Gasteiger partial charge is 0.494 e. The van der Waals surface area contributed by atoms with E-state index < -0.39 is 29.1 Å². The smallest absolute Gasteiger partial charge is 0.257 e. The summed E-state index contributed by atoms with van der Waals surface area (Å²) >= 11 is 6.06. The average molecular weight is 396 g/mol. The predicted octanol–water partition coefficient (Wildman–Crippen LogP) is 5.37. The first-order valence-corrected chi connectivity index (χ1v) is 9.30. The molecule has 1 N–H and O–H groups in total. The van der Waals surface area contributed by atoms with Crippen LogP contribution in [0.2, 0.25) is 0 Å². The first kappa shape index (κ1) is 21.2. The summed E-state index contributed by atoms with van der Waals surface area (Å²) in [6.07, 6.45) is 0. The van der Waals surface area contributed by atoms with Crippen LogP contribution in [0.15, 0.2) is 36.4 Å². The van der Waals surface area contributed by atoms with Crippen LogP contribution in [0.3, 0.4) is 0 Å². The summed E-state index contributed by atoms with van der Waals surface area (Å²) in [5.41, 5.74) is 1.01. The summed E-state index contributed by atoms with van der Waals surface area (Å²) in [4.78, 5) is 12.4. The molecule has 27 heavy (non-hydrogen) atoms. The molecular formula is C21H24ClF2NO2. The van der Waals surface area contributed by atoms with Crippen molar-refractivity contribution in [3.8, 4) is 5.75 Å². The van der Waals surface area contributed by atoms with Crippen molar-refractivity contribution in [2.24, 2.45) is 0 Å². The Labute approximate surface area is 163 Å². The van der Waals surface area contributed by atoms with Crippen molar-refractivity contribution < 1.29 is 18.3 Å². The topological polar surface area (TPSA) is 38.3 Å². The maximum Gasteiger partial charge on any atom is 0.257 e. The fourth-order valence-corrected chi connectivity index (χ4v) is 2.96. The lowest BCUT2D eigenvalue weighted by Gasteiger charge is -2.24. The Hall–Kier alpha value is -2.14. The van der Waals surface area contributed by atoms with E-state index in [2.05, 4.69) is 26.1 Å². The third-order valence-corrected chi connectivity index (χ3v) is 4.51. The molecule has 1 unspecified atom stereocenters. The normalized spacial score (nSPS) is 12.6. The van der Waals surface area contributed by atoms with Crippen molar-refractivity contribution in [1.29, 1.82) is 0 Å². The number of hydrogen-bond donors (Lipinski definition) is 1. The maximum absolute atomic E-state index is 13.9. The van der Waals surface area contributed by atoms with Crippen molar-refractivity contribution in [3.63, 3.8) is 0 Å². The standard InChI is InChI=1S/C21H24ClF2NO2/c1-5-27-18-11-13(21(2,3)4)9-10-14(18)17(12-22)25-20(26)19-15(23)7-6-8-16(19)24/h6-11,17H,5,12H2,1-4H3,(H,25,26). The van der Waals surface area contributed by atoms with Crippen molar-refractivity contribution in [3.05, 3.63) is 64.7 Å². The monoisotopic (exact) mass is 395 g/mol. The number of hydrogen-bond acceptors (Lipinski definition) is 2. The minimum atomic E-state index is -0.922. The van der Waals surface area contributed by atoms with Crippen LogP contribution in [0.5, 0.6) is 5.75 Å². The van der Waals surface area contributed by atoms with E-state index in [-0.39, 0.29) is 11.3 Å². The van der Waals surface area contributed by atoms with Crippen LogP contribution >= 0.6 is 11.6 Å². The molecule has 2 aromatic carbocycles. The van der Waals surface area contributed by atoms with Crippen LogP contribution in [0, 0.1) is 11.6 Å². The first-order chi connectivity index (χ1) is 12.7. The number of amides is 1. The number of alkyl halides is 1. The van der Waals surface area contributed by atoms with Crippen LogP contribution in [0.4, 0.5) is 8.78 Å². The third-order valence-electron chi connectivity index (χ3n) is 4.20. The van der Waals surface area contributed by atoms with Gasteiger partial charge in [0.15, 0.2) is 0 Å². The minimum absolute atomic E-state index is 0.0246. The fraction of sp³-hybridized carbons (Fsp3) is 0.381. The van der Waals surface area contributed by atoms with Crippen molar-refractivity contribution >= 4 is 17.5 Å². The zero-order valence-corrected chi connectivity index (χ0v) is 16.7. The second-order valence-corrected chi connectivity index (χ2v) is 7.52. The molecule has 0 aliphatic carbocycles. The van der Waals surface area contributed by atoms with Gasteiger partial charge < -0.3 is 10.1 Å². The molecule has 1 amide bonds. The van der Waals surface area contributed by atoms with Crippen LogP contribution in [0.25, 0.3) is 0 Å². The molecule has 0 saturated heterocycles. The zero-order valence-electron chi connectivity index (χ0n) is 15.9. The molecule has 0 radical (unpaired) electrons. The van der Waals surface area contributed by atoms with E-state index in [0.29, 0.717) is 17.9 Å². The molecule has 0 aliphatic heterocycles. The van der Waals surface area contributed by atoms with E-state index in [1.165, 1.54) is 6.07 Å². The summed E-state index contributed by atoms with van der Waals surface area (Å²) in [5, 5.41) is 2.61. The SMILES string of the molecule is CCOc1cc(C(C)(C)C)ccc1C(CCl)NC(=O)c1c(F)cccc1F.